The Labute approximate surface area is 164 Å². The molecular weight excluding hydrogens is 352 g/mol. The van der Waals surface area contributed by atoms with Gasteiger partial charge in [-0.05, 0) is 41.3 Å². The normalized spacial score (nSPS) is 10.2. The van der Waals surface area contributed by atoms with Crippen molar-refractivity contribution < 1.29 is 14.3 Å². The van der Waals surface area contributed by atoms with E-state index in [1.165, 1.54) is 12.7 Å². The molecule has 0 unspecified atom stereocenters. The number of hydrogen-bond acceptors (Lipinski definition) is 3. The summed E-state index contributed by atoms with van der Waals surface area (Å²) >= 11 is 0. The van der Waals surface area contributed by atoms with E-state index in [1.807, 2.05) is 42.5 Å². The van der Waals surface area contributed by atoms with E-state index in [0.29, 0.717) is 12.1 Å². The molecule has 0 radical (unpaired) electrons. The standard InChI is InChI=1S/C23H22N2O3/c1-28-22(26)19-13-11-18(12-14-19)16-24-23(27)25-21-10-6-5-9-20(21)15-17-7-3-2-4-8-17/h2-14H,15-16H2,1H3,(H2,24,25,27). The number of carbonyl (C=O) groups is 2. The third kappa shape index (κ3) is 5.20. The largest absolute Gasteiger partial charge is 0.465 e. The Morgan fingerprint density at radius 1 is 0.821 bits per heavy atom. The number of ether oxygens (including phenoxy) is 1. The lowest BCUT2D eigenvalue weighted by molar-refractivity contribution is 0.0600. The molecule has 0 bridgehead atoms. The van der Waals surface area contributed by atoms with Gasteiger partial charge in [0.15, 0.2) is 0 Å². The Morgan fingerprint density at radius 3 is 2.21 bits per heavy atom. The second kappa shape index (κ2) is 9.37. The van der Waals surface area contributed by atoms with Crippen molar-refractivity contribution in [1.82, 2.24) is 5.32 Å². The van der Waals surface area contributed by atoms with E-state index in [4.69, 9.17) is 0 Å². The van der Waals surface area contributed by atoms with Crippen molar-refractivity contribution in [2.24, 2.45) is 0 Å². The summed E-state index contributed by atoms with van der Waals surface area (Å²) in [5, 5.41) is 5.75. The fourth-order valence-electron chi connectivity index (χ4n) is 2.84. The first-order chi connectivity index (χ1) is 13.7. The van der Waals surface area contributed by atoms with Crippen LogP contribution in [0.15, 0.2) is 78.9 Å². The number of para-hydroxylation sites is 1. The highest BCUT2D eigenvalue weighted by Crippen LogP contribution is 2.19. The molecule has 142 valence electrons. The average Bonchev–Trinajstić information content (AvgIpc) is 2.74. The molecule has 5 heteroatoms. The third-order valence-corrected chi connectivity index (χ3v) is 4.33. The van der Waals surface area contributed by atoms with E-state index in [-0.39, 0.29) is 12.0 Å². The van der Waals surface area contributed by atoms with Gasteiger partial charge in [-0.15, -0.1) is 0 Å². The molecule has 0 aliphatic carbocycles. The van der Waals surface area contributed by atoms with Gasteiger partial charge in [0, 0.05) is 12.2 Å². The molecule has 28 heavy (non-hydrogen) atoms. The van der Waals surface area contributed by atoms with Gasteiger partial charge in [-0.2, -0.15) is 0 Å². The Morgan fingerprint density at radius 2 is 1.50 bits per heavy atom. The summed E-state index contributed by atoms with van der Waals surface area (Å²) in [4.78, 5) is 23.8. The summed E-state index contributed by atoms with van der Waals surface area (Å²) < 4.78 is 4.68. The minimum absolute atomic E-state index is 0.280. The SMILES string of the molecule is COC(=O)c1ccc(CNC(=O)Nc2ccccc2Cc2ccccc2)cc1. The molecule has 3 rings (SSSR count). The first-order valence-corrected chi connectivity index (χ1v) is 8.99. The molecule has 0 saturated heterocycles. The van der Waals surface area contributed by atoms with Gasteiger partial charge in [0.2, 0.25) is 0 Å². The lowest BCUT2D eigenvalue weighted by Crippen LogP contribution is -2.28. The number of benzene rings is 3. The fourth-order valence-corrected chi connectivity index (χ4v) is 2.84. The van der Waals surface area contributed by atoms with Gasteiger partial charge in [0.25, 0.3) is 0 Å². The number of urea groups is 1. The van der Waals surface area contributed by atoms with Gasteiger partial charge in [0.1, 0.15) is 0 Å². The molecule has 0 heterocycles. The highest BCUT2D eigenvalue weighted by molar-refractivity contribution is 5.90. The molecule has 2 N–H and O–H groups in total. The van der Waals surface area contributed by atoms with Crippen molar-refractivity contribution in [2.45, 2.75) is 13.0 Å². The molecule has 0 aromatic heterocycles. The lowest BCUT2D eigenvalue weighted by atomic mass is 10.0. The Kier molecular flexibility index (Phi) is 6.41. The zero-order valence-corrected chi connectivity index (χ0v) is 15.6. The van der Waals surface area contributed by atoms with E-state index in [2.05, 4.69) is 27.5 Å². The number of amides is 2. The third-order valence-electron chi connectivity index (χ3n) is 4.33. The average molecular weight is 374 g/mol. The highest BCUT2D eigenvalue weighted by Gasteiger charge is 2.08. The molecule has 0 spiro atoms. The molecule has 0 aliphatic rings. The molecule has 3 aromatic carbocycles. The second-order valence-electron chi connectivity index (χ2n) is 6.32. The summed E-state index contributed by atoms with van der Waals surface area (Å²) in [5.74, 6) is -0.382. The van der Waals surface area contributed by atoms with Crippen LogP contribution in [0.5, 0.6) is 0 Å². The van der Waals surface area contributed by atoms with Crippen LogP contribution in [-0.4, -0.2) is 19.1 Å². The smallest absolute Gasteiger partial charge is 0.337 e. The number of nitrogens with one attached hydrogen (secondary N) is 2. The second-order valence-corrected chi connectivity index (χ2v) is 6.32. The van der Waals surface area contributed by atoms with Crippen molar-refractivity contribution in [2.75, 3.05) is 12.4 Å². The molecular formula is C23H22N2O3. The summed E-state index contributed by atoms with van der Waals surface area (Å²) in [6, 6.07) is 24.5. The van der Waals surface area contributed by atoms with Gasteiger partial charge >= 0.3 is 12.0 Å². The zero-order valence-electron chi connectivity index (χ0n) is 15.6. The Balaban J connectivity index is 1.58. The van der Waals surface area contributed by atoms with Gasteiger partial charge in [-0.1, -0.05) is 60.7 Å². The summed E-state index contributed by atoms with van der Waals surface area (Å²) in [6.45, 7) is 0.355. The predicted octanol–water partition coefficient (Wildman–Crippen LogP) is 4.39. The molecule has 2 amide bonds. The van der Waals surface area contributed by atoms with Gasteiger partial charge in [-0.25, -0.2) is 9.59 Å². The van der Waals surface area contributed by atoms with Crippen LogP contribution in [0, 0.1) is 0 Å². The van der Waals surface area contributed by atoms with Crippen LogP contribution in [-0.2, 0) is 17.7 Å². The van der Waals surface area contributed by atoms with Crippen molar-refractivity contribution >= 4 is 17.7 Å². The van der Waals surface area contributed by atoms with E-state index in [1.54, 1.807) is 24.3 Å². The lowest BCUT2D eigenvalue weighted by Gasteiger charge is -2.12. The van der Waals surface area contributed by atoms with Crippen LogP contribution in [0.4, 0.5) is 10.5 Å². The first kappa shape index (κ1) is 19.2. The number of hydrogen-bond donors (Lipinski definition) is 2. The van der Waals surface area contributed by atoms with Crippen molar-refractivity contribution in [3.8, 4) is 0 Å². The van der Waals surface area contributed by atoms with Gasteiger partial charge < -0.3 is 15.4 Å². The number of carbonyl (C=O) groups excluding carboxylic acids is 2. The van der Waals surface area contributed by atoms with E-state index in [9.17, 15) is 9.59 Å². The number of rotatable bonds is 6. The van der Waals surface area contributed by atoms with Crippen molar-refractivity contribution in [3.05, 3.63) is 101 Å². The summed E-state index contributed by atoms with van der Waals surface area (Å²) in [5.41, 5.74) is 4.38. The minimum Gasteiger partial charge on any atom is -0.465 e. The maximum Gasteiger partial charge on any atom is 0.337 e. The Bertz CT molecular complexity index is 938. The predicted molar refractivity (Wildman–Crippen MR) is 109 cm³/mol. The summed E-state index contributed by atoms with van der Waals surface area (Å²) in [6.07, 6.45) is 0.742. The Hall–Kier alpha value is -3.60. The van der Waals surface area contributed by atoms with E-state index in [0.717, 1.165) is 23.2 Å². The quantitative estimate of drug-likeness (QED) is 0.629. The summed E-state index contributed by atoms with van der Waals surface area (Å²) in [7, 11) is 1.35. The van der Waals surface area contributed by atoms with E-state index < -0.39 is 0 Å². The number of methoxy groups -OCH3 is 1. The maximum atomic E-state index is 12.3. The van der Waals surface area contributed by atoms with E-state index >= 15 is 0 Å². The first-order valence-electron chi connectivity index (χ1n) is 8.99. The van der Waals surface area contributed by atoms with Crippen LogP contribution in [0.2, 0.25) is 0 Å². The molecule has 0 saturated carbocycles. The van der Waals surface area contributed by atoms with Crippen LogP contribution in [0.1, 0.15) is 27.0 Å². The molecule has 5 nitrogen and oxygen atoms in total. The van der Waals surface area contributed by atoms with Crippen LogP contribution in [0.25, 0.3) is 0 Å². The molecule has 3 aromatic rings. The number of esters is 1. The molecule has 0 aliphatic heterocycles. The fraction of sp³-hybridized carbons (Fsp3) is 0.130. The van der Waals surface area contributed by atoms with Crippen LogP contribution >= 0.6 is 0 Å². The topological polar surface area (TPSA) is 67.4 Å². The van der Waals surface area contributed by atoms with Crippen LogP contribution in [0.3, 0.4) is 0 Å². The maximum absolute atomic E-state index is 12.3. The van der Waals surface area contributed by atoms with Gasteiger partial charge in [0.05, 0.1) is 12.7 Å². The van der Waals surface area contributed by atoms with Crippen LogP contribution < -0.4 is 10.6 Å². The van der Waals surface area contributed by atoms with Gasteiger partial charge in [-0.3, -0.25) is 0 Å². The monoisotopic (exact) mass is 374 g/mol. The molecule has 0 fully saturated rings. The number of anilines is 1. The van der Waals surface area contributed by atoms with Crippen molar-refractivity contribution in [3.63, 3.8) is 0 Å². The molecule has 0 atom stereocenters. The minimum atomic E-state index is -0.382. The zero-order chi connectivity index (χ0) is 19.8. The highest BCUT2D eigenvalue weighted by atomic mass is 16.5. The van der Waals surface area contributed by atoms with Crippen molar-refractivity contribution in [1.29, 1.82) is 0 Å².